The quantitative estimate of drug-likeness (QED) is 0.479. The number of hydrogen-bond acceptors (Lipinski definition) is 9. The van der Waals surface area contributed by atoms with Crippen LogP contribution < -0.4 is 14.2 Å². The maximum atomic E-state index is 12.7. The van der Waals surface area contributed by atoms with Crippen LogP contribution in [0.4, 0.5) is 4.79 Å². The van der Waals surface area contributed by atoms with Crippen LogP contribution in [0.3, 0.4) is 0 Å². The first-order valence-corrected chi connectivity index (χ1v) is 9.24. The first-order chi connectivity index (χ1) is 14.3. The Morgan fingerprint density at radius 2 is 1.57 bits per heavy atom. The van der Waals surface area contributed by atoms with Gasteiger partial charge >= 0.3 is 18.0 Å². The van der Waals surface area contributed by atoms with Gasteiger partial charge in [0.15, 0.2) is 0 Å². The average Bonchev–Trinajstić information content (AvgIpc) is 3.07. The highest BCUT2D eigenvalue weighted by Gasteiger charge is 2.49. The lowest BCUT2D eigenvalue weighted by molar-refractivity contribution is -0.150. The van der Waals surface area contributed by atoms with Crippen LogP contribution in [-0.2, 0) is 23.8 Å². The van der Waals surface area contributed by atoms with Crippen molar-refractivity contribution >= 4 is 18.0 Å². The molecule has 1 aromatic carbocycles. The second kappa shape index (κ2) is 10.0. The van der Waals surface area contributed by atoms with Gasteiger partial charge in [0.1, 0.15) is 36.0 Å². The van der Waals surface area contributed by atoms with E-state index in [0.717, 1.165) is 0 Å². The van der Waals surface area contributed by atoms with Gasteiger partial charge in [0.2, 0.25) is 0 Å². The van der Waals surface area contributed by atoms with Crippen LogP contribution in [0.5, 0.6) is 17.2 Å². The summed E-state index contributed by atoms with van der Waals surface area (Å²) in [6.07, 6.45) is -1.19. The Bertz CT molecular complexity index is 769. The minimum absolute atomic E-state index is 0.167. The fraction of sp³-hybridized carbons (Fsp3) is 0.550. The Hall–Kier alpha value is -3.17. The Morgan fingerprint density at radius 3 is 2.00 bits per heavy atom. The van der Waals surface area contributed by atoms with Crippen molar-refractivity contribution in [3.8, 4) is 17.2 Å². The molecule has 3 atom stereocenters. The van der Waals surface area contributed by atoms with Crippen LogP contribution in [0.25, 0.3) is 0 Å². The lowest BCUT2D eigenvalue weighted by atomic mass is 10.0. The Kier molecular flexibility index (Phi) is 7.73. The van der Waals surface area contributed by atoms with Crippen LogP contribution in [0.2, 0.25) is 0 Å². The minimum atomic E-state index is -0.758. The third-order valence-electron chi connectivity index (χ3n) is 4.82. The van der Waals surface area contributed by atoms with Crippen molar-refractivity contribution in [1.82, 2.24) is 4.90 Å². The molecule has 10 nitrogen and oxygen atoms in total. The number of carbonyl (C=O) groups is 3. The molecule has 30 heavy (non-hydrogen) atoms. The minimum Gasteiger partial charge on any atom is -0.496 e. The Labute approximate surface area is 174 Å². The van der Waals surface area contributed by atoms with E-state index in [2.05, 4.69) is 0 Å². The van der Waals surface area contributed by atoms with Crippen molar-refractivity contribution in [2.75, 3.05) is 35.0 Å². The van der Waals surface area contributed by atoms with Crippen molar-refractivity contribution in [3.05, 3.63) is 17.7 Å². The lowest BCUT2D eigenvalue weighted by Gasteiger charge is -2.31. The summed E-state index contributed by atoms with van der Waals surface area (Å²) in [5.41, 5.74) is 0.550. The zero-order valence-corrected chi connectivity index (χ0v) is 17.9. The van der Waals surface area contributed by atoms with Crippen LogP contribution in [-0.4, -0.2) is 70.1 Å². The molecule has 0 saturated carbocycles. The van der Waals surface area contributed by atoms with E-state index >= 15 is 0 Å². The summed E-state index contributed by atoms with van der Waals surface area (Å²) in [4.78, 5) is 37.2. The number of benzene rings is 1. The molecule has 1 heterocycles. The smallest absolute Gasteiger partial charge is 0.410 e. The maximum absolute atomic E-state index is 12.7. The summed E-state index contributed by atoms with van der Waals surface area (Å²) in [5.74, 6) is 0.291. The van der Waals surface area contributed by atoms with E-state index in [1.165, 1.54) is 47.2 Å². The van der Waals surface area contributed by atoms with Gasteiger partial charge < -0.3 is 28.4 Å². The van der Waals surface area contributed by atoms with E-state index in [0.29, 0.717) is 22.8 Å². The van der Waals surface area contributed by atoms with Crippen LogP contribution in [0.15, 0.2) is 12.1 Å². The van der Waals surface area contributed by atoms with Crippen molar-refractivity contribution in [1.29, 1.82) is 0 Å². The van der Waals surface area contributed by atoms with Gasteiger partial charge in [0.05, 0.1) is 40.0 Å². The molecule has 0 bridgehead atoms. The number of methoxy groups -OCH3 is 4. The predicted octanol–water partition coefficient (Wildman–Crippen LogP) is 2.09. The molecule has 1 aliphatic heterocycles. The second-order valence-corrected chi connectivity index (χ2v) is 6.59. The van der Waals surface area contributed by atoms with Crippen molar-refractivity contribution in [3.63, 3.8) is 0 Å². The van der Waals surface area contributed by atoms with Crippen LogP contribution in [0, 0.1) is 0 Å². The lowest BCUT2D eigenvalue weighted by Crippen LogP contribution is -2.45. The molecule has 0 aliphatic carbocycles. The Balaban J connectivity index is 2.60. The third-order valence-corrected chi connectivity index (χ3v) is 4.82. The number of amides is 1. The molecule has 10 heteroatoms. The summed E-state index contributed by atoms with van der Waals surface area (Å²) in [6.45, 7) is 2.36. The zero-order valence-electron chi connectivity index (χ0n) is 17.9. The van der Waals surface area contributed by atoms with Crippen molar-refractivity contribution < 1.29 is 42.8 Å². The highest BCUT2D eigenvalue weighted by atomic mass is 16.6. The van der Waals surface area contributed by atoms with Crippen LogP contribution in [0.1, 0.15) is 31.9 Å². The molecule has 0 radical (unpaired) electrons. The highest BCUT2D eigenvalue weighted by Crippen LogP contribution is 2.47. The van der Waals surface area contributed by atoms with E-state index in [1.807, 2.05) is 0 Å². The van der Waals surface area contributed by atoms with E-state index in [1.54, 1.807) is 12.1 Å². The van der Waals surface area contributed by atoms with Gasteiger partial charge in [-0.2, -0.15) is 0 Å². The standard InChI is InChI=1S/C20H27NO9/c1-11(22)29-10-15-16(30-12(2)23)9-14(21(15)20(24)28-6)19-17(26-4)7-13(25-3)8-18(19)27-5/h7-8,14-16H,9-10H2,1-6H3. The molecular formula is C20H27NO9. The molecule has 0 aromatic heterocycles. The first kappa shape index (κ1) is 23.1. The Morgan fingerprint density at radius 1 is 0.967 bits per heavy atom. The summed E-state index contributed by atoms with van der Waals surface area (Å²) in [6, 6.07) is 1.92. The second-order valence-electron chi connectivity index (χ2n) is 6.59. The molecule has 0 spiro atoms. The topological polar surface area (TPSA) is 110 Å². The number of ether oxygens (including phenoxy) is 6. The molecule has 1 fully saturated rings. The highest BCUT2D eigenvalue weighted by molar-refractivity contribution is 5.71. The number of rotatable bonds is 7. The number of nitrogens with zero attached hydrogens (tertiary/aromatic N) is 1. The molecule has 1 amide bonds. The van der Waals surface area contributed by atoms with Gasteiger partial charge in [-0.05, 0) is 0 Å². The molecule has 166 valence electrons. The molecule has 2 rings (SSSR count). The SMILES string of the molecule is COC(=O)N1C(c2c(OC)cc(OC)cc2OC)CC(OC(C)=O)C1COC(C)=O. The van der Waals surface area contributed by atoms with E-state index in [-0.39, 0.29) is 13.0 Å². The average molecular weight is 425 g/mol. The van der Waals surface area contributed by atoms with Crippen LogP contribution >= 0.6 is 0 Å². The number of hydrogen-bond donors (Lipinski definition) is 0. The summed E-state index contributed by atoms with van der Waals surface area (Å²) in [5, 5.41) is 0. The molecule has 3 unspecified atom stereocenters. The van der Waals surface area contributed by atoms with Gasteiger partial charge in [0, 0.05) is 32.4 Å². The summed E-state index contributed by atoms with van der Waals surface area (Å²) < 4.78 is 31.9. The normalized spacial score (nSPS) is 20.3. The van der Waals surface area contributed by atoms with Gasteiger partial charge in [-0.25, -0.2) is 4.79 Å². The van der Waals surface area contributed by atoms with Crippen molar-refractivity contribution in [2.24, 2.45) is 0 Å². The monoisotopic (exact) mass is 425 g/mol. The van der Waals surface area contributed by atoms with Gasteiger partial charge in [-0.15, -0.1) is 0 Å². The molecule has 1 aromatic rings. The zero-order chi connectivity index (χ0) is 22.4. The molecule has 1 saturated heterocycles. The summed E-state index contributed by atoms with van der Waals surface area (Å²) >= 11 is 0. The number of likely N-dealkylation sites (tertiary alicyclic amines) is 1. The fourth-order valence-electron chi connectivity index (χ4n) is 3.62. The van der Waals surface area contributed by atoms with Gasteiger partial charge in [-0.3, -0.25) is 14.5 Å². The molecular weight excluding hydrogens is 398 g/mol. The predicted molar refractivity (Wildman–Crippen MR) is 104 cm³/mol. The fourth-order valence-corrected chi connectivity index (χ4v) is 3.62. The van der Waals surface area contributed by atoms with Gasteiger partial charge in [0.25, 0.3) is 0 Å². The third kappa shape index (κ3) is 4.87. The number of carbonyl (C=O) groups excluding carboxylic acids is 3. The van der Waals surface area contributed by atoms with E-state index in [9.17, 15) is 14.4 Å². The maximum Gasteiger partial charge on any atom is 0.410 e. The first-order valence-electron chi connectivity index (χ1n) is 9.24. The summed E-state index contributed by atoms with van der Waals surface area (Å²) in [7, 11) is 5.71. The van der Waals surface area contributed by atoms with E-state index in [4.69, 9.17) is 28.4 Å². The van der Waals surface area contributed by atoms with Gasteiger partial charge in [-0.1, -0.05) is 0 Å². The largest absolute Gasteiger partial charge is 0.496 e. The number of esters is 2. The van der Waals surface area contributed by atoms with E-state index < -0.39 is 36.2 Å². The molecule has 0 N–H and O–H groups in total. The van der Waals surface area contributed by atoms with Crippen molar-refractivity contribution in [2.45, 2.75) is 38.5 Å². The molecule has 1 aliphatic rings.